The van der Waals surface area contributed by atoms with Gasteiger partial charge in [-0.25, -0.2) is 8.42 Å². The summed E-state index contributed by atoms with van der Waals surface area (Å²) in [5.41, 5.74) is 2.06. The van der Waals surface area contributed by atoms with Crippen LogP contribution in [0.15, 0.2) is 129 Å². The third kappa shape index (κ3) is 12.3. The van der Waals surface area contributed by atoms with Gasteiger partial charge < -0.3 is 4.55 Å². The maximum atomic E-state index is 11.2. The van der Waals surface area contributed by atoms with Crippen LogP contribution in [0.1, 0.15) is 89.2 Å². The van der Waals surface area contributed by atoms with Gasteiger partial charge in [0.2, 0.25) is 0 Å². The molecule has 0 heterocycles. The Morgan fingerprint density at radius 3 is 1.47 bits per heavy atom. The molecule has 0 saturated heterocycles. The van der Waals surface area contributed by atoms with Gasteiger partial charge in [0, 0.05) is 0 Å². The highest BCUT2D eigenvalue weighted by molar-refractivity contribution is 7.97. The minimum Gasteiger partial charge on any atom is -0.744 e. The number of hydrogen-bond donors (Lipinski definition) is 0. The Hall–Kier alpha value is -2.86. The van der Waals surface area contributed by atoms with E-state index in [1.165, 1.54) is 77.7 Å². The third-order valence-electron chi connectivity index (χ3n) is 7.57. The van der Waals surface area contributed by atoms with Crippen molar-refractivity contribution in [3.8, 4) is 0 Å². The van der Waals surface area contributed by atoms with Crippen LogP contribution in [-0.2, 0) is 33.9 Å². The summed E-state index contributed by atoms with van der Waals surface area (Å²) >= 11 is 0. The molecule has 4 aromatic rings. The summed E-state index contributed by atoms with van der Waals surface area (Å²) in [5, 5.41) is 0. The van der Waals surface area contributed by atoms with Crippen LogP contribution < -0.4 is 0 Å². The van der Waals surface area contributed by atoms with Crippen molar-refractivity contribution in [1.82, 2.24) is 0 Å². The van der Waals surface area contributed by atoms with E-state index in [0.29, 0.717) is 12.0 Å². The van der Waals surface area contributed by atoms with E-state index in [-0.39, 0.29) is 15.8 Å². The number of benzene rings is 4. The van der Waals surface area contributed by atoms with Gasteiger partial charge in [-0.3, -0.25) is 0 Å². The Bertz CT molecular complexity index is 1360. The zero-order chi connectivity index (χ0) is 30.8. The minimum absolute atomic E-state index is 0.0249. The zero-order valence-corrected chi connectivity index (χ0v) is 27.6. The highest BCUT2D eigenvalue weighted by Gasteiger charge is 2.27. The van der Waals surface area contributed by atoms with Crippen LogP contribution in [-0.4, -0.2) is 13.0 Å². The summed E-state index contributed by atoms with van der Waals surface area (Å²) < 4.78 is 33.5. The molecular formula is C38H48O3S2. The molecule has 0 spiro atoms. The number of aryl methyl sites for hydroxylation is 2. The van der Waals surface area contributed by atoms with Gasteiger partial charge in [-0.1, -0.05) is 138 Å². The van der Waals surface area contributed by atoms with E-state index in [0.717, 1.165) is 19.3 Å². The Morgan fingerprint density at radius 2 is 0.977 bits per heavy atom. The minimum atomic E-state index is -4.35. The van der Waals surface area contributed by atoms with Crippen LogP contribution >= 0.6 is 0 Å². The summed E-state index contributed by atoms with van der Waals surface area (Å²) in [6.07, 6.45) is 14.2. The van der Waals surface area contributed by atoms with E-state index < -0.39 is 10.1 Å². The van der Waals surface area contributed by atoms with Gasteiger partial charge in [-0.05, 0) is 72.9 Å². The fourth-order valence-corrected chi connectivity index (χ4v) is 7.96. The first kappa shape index (κ1) is 34.6. The van der Waals surface area contributed by atoms with Crippen LogP contribution in [0.2, 0.25) is 0 Å². The second-order valence-electron chi connectivity index (χ2n) is 10.9. The van der Waals surface area contributed by atoms with Crippen LogP contribution in [0, 0.1) is 0 Å². The van der Waals surface area contributed by atoms with Gasteiger partial charge in [-0.2, -0.15) is 0 Å². The maximum Gasteiger partial charge on any atom is 0.166 e. The molecule has 230 valence electrons. The lowest BCUT2D eigenvalue weighted by atomic mass is 10.0. The predicted octanol–water partition coefficient (Wildman–Crippen LogP) is 10.4. The van der Waals surface area contributed by atoms with Crippen molar-refractivity contribution in [3.05, 3.63) is 120 Å². The van der Waals surface area contributed by atoms with E-state index in [4.69, 9.17) is 0 Å². The first-order valence-electron chi connectivity index (χ1n) is 15.9. The molecule has 0 atom stereocenters. The van der Waals surface area contributed by atoms with Crippen LogP contribution in [0.4, 0.5) is 0 Å². The monoisotopic (exact) mass is 616 g/mol. The summed E-state index contributed by atoms with van der Waals surface area (Å²) in [7, 11) is -4.37. The van der Waals surface area contributed by atoms with Gasteiger partial charge in [-0.15, -0.1) is 0 Å². The van der Waals surface area contributed by atoms with Gasteiger partial charge in [0.05, 0.1) is 15.8 Å². The maximum absolute atomic E-state index is 11.2. The van der Waals surface area contributed by atoms with E-state index in [1.54, 1.807) is 18.2 Å². The predicted molar refractivity (Wildman–Crippen MR) is 181 cm³/mol. The molecule has 0 amide bonds. The number of hydrogen-bond acceptors (Lipinski definition) is 3. The average Bonchev–Trinajstić information content (AvgIpc) is 3.03. The summed E-state index contributed by atoms with van der Waals surface area (Å²) in [6, 6.07) is 37.2. The van der Waals surface area contributed by atoms with Gasteiger partial charge in [0.1, 0.15) is 10.1 Å². The molecule has 3 nitrogen and oxygen atoms in total. The van der Waals surface area contributed by atoms with Crippen molar-refractivity contribution < 1.29 is 13.0 Å². The smallest absolute Gasteiger partial charge is 0.166 e. The van der Waals surface area contributed by atoms with E-state index in [2.05, 4.69) is 98.8 Å². The first-order valence-corrected chi connectivity index (χ1v) is 18.5. The SMILES string of the molecule is CCCCCCCCCCCCc1ccccc1S(=O)(=O)[O-].CCc1ccc([S+](c2ccccc2)c2ccccc2)cc1. The molecule has 0 aromatic heterocycles. The van der Waals surface area contributed by atoms with Crippen molar-refractivity contribution in [2.75, 3.05) is 0 Å². The lowest BCUT2D eigenvalue weighted by Gasteiger charge is -2.12. The van der Waals surface area contributed by atoms with Gasteiger partial charge >= 0.3 is 0 Å². The fraction of sp³-hybridized carbons (Fsp3) is 0.368. The summed E-state index contributed by atoms with van der Waals surface area (Å²) in [6.45, 7) is 4.43. The molecule has 0 aliphatic heterocycles. The highest BCUT2D eigenvalue weighted by Crippen LogP contribution is 2.31. The van der Waals surface area contributed by atoms with Gasteiger partial charge in [0.15, 0.2) is 14.7 Å². The normalized spacial score (nSPS) is 11.3. The van der Waals surface area contributed by atoms with Crippen LogP contribution in [0.25, 0.3) is 0 Å². The van der Waals surface area contributed by atoms with E-state index >= 15 is 0 Å². The largest absolute Gasteiger partial charge is 0.744 e. The van der Waals surface area contributed by atoms with Crippen LogP contribution in [0.5, 0.6) is 0 Å². The lowest BCUT2D eigenvalue weighted by Crippen LogP contribution is -2.04. The Kier molecular flexibility index (Phi) is 15.6. The average molecular weight is 617 g/mol. The lowest BCUT2D eigenvalue weighted by molar-refractivity contribution is 0.461. The molecule has 0 saturated carbocycles. The molecule has 0 unspecified atom stereocenters. The third-order valence-corrected chi connectivity index (χ3v) is 10.7. The molecule has 0 N–H and O–H groups in total. The van der Waals surface area contributed by atoms with E-state index in [1.807, 2.05) is 0 Å². The Morgan fingerprint density at radius 1 is 0.535 bits per heavy atom. The molecule has 0 aliphatic rings. The van der Waals surface area contributed by atoms with Gasteiger partial charge in [0.25, 0.3) is 0 Å². The van der Waals surface area contributed by atoms with Crippen LogP contribution in [0.3, 0.4) is 0 Å². The summed E-state index contributed by atoms with van der Waals surface area (Å²) in [4.78, 5) is 4.07. The van der Waals surface area contributed by atoms with Crippen molar-refractivity contribution in [3.63, 3.8) is 0 Å². The molecule has 0 bridgehead atoms. The first-order chi connectivity index (χ1) is 20.9. The fourth-order valence-electron chi connectivity index (χ4n) is 5.14. The topological polar surface area (TPSA) is 57.2 Å². The molecule has 4 rings (SSSR count). The second-order valence-corrected chi connectivity index (χ2v) is 14.3. The zero-order valence-electron chi connectivity index (χ0n) is 25.9. The quantitative estimate of drug-likeness (QED) is 0.0715. The Balaban J connectivity index is 0.000000235. The van der Waals surface area contributed by atoms with Crippen molar-refractivity contribution in [2.24, 2.45) is 0 Å². The standard InChI is InChI=1S/C20H19S.C18H30O3S/c1-2-17-13-15-20(16-14-17)21(18-9-5-3-6-10-18)19-11-7-4-8-12-19;1-2-3-4-5-6-7-8-9-10-11-14-17-15-12-13-16-18(17)22(19,20)21/h3-16H,2H2,1H3;12-13,15-16H,2-11,14H2,1H3,(H,19,20,21)/q+1;/p-1. The van der Waals surface area contributed by atoms with Crippen molar-refractivity contribution >= 4 is 21.0 Å². The van der Waals surface area contributed by atoms with Crippen molar-refractivity contribution in [1.29, 1.82) is 0 Å². The van der Waals surface area contributed by atoms with Crippen molar-refractivity contribution in [2.45, 2.75) is 110 Å². The molecule has 0 aliphatic carbocycles. The molecule has 0 fully saturated rings. The molecule has 0 radical (unpaired) electrons. The second kappa shape index (κ2) is 19.4. The molecule has 4 aromatic carbocycles. The molecule has 5 heteroatoms. The Labute approximate surface area is 263 Å². The summed E-state index contributed by atoms with van der Waals surface area (Å²) in [5.74, 6) is 0. The number of unbranched alkanes of at least 4 members (excludes halogenated alkanes) is 9. The number of rotatable bonds is 16. The molecule has 43 heavy (non-hydrogen) atoms. The highest BCUT2D eigenvalue weighted by atomic mass is 32.2. The molecular weight excluding hydrogens is 569 g/mol. The van der Waals surface area contributed by atoms with E-state index in [9.17, 15) is 13.0 Å².